The Bertz CT molecular complexity index is 1240. The predicted octanol–water partition coefficient (Wildman–Crippen LogP) is 3.52. The number of hydrogen-bond donors (Lipinski definition) is 2. The second-order valence-electron chi connectivity index (χ2n) is 10.4. The number of rotatable bonds is 14. The SMILES string of the molecule is C[C@@H](C(=O)N1C(=O)OC[C@H]1Cc1ccccc1)[C@H]1O[C@@](O)(CCCOC[C@@H](CO)OCc2ccccc2)C(Br)=CC1=O. The number of cyclic esters (lactones) is 1. The molecule has 11 heteroatoms. The molecule has 4 rings (SSSR count). The third-order valence-corrected chi connectivity index (χ3v) is 8.09. The average molecular weight is 647 g/mol. The summed E-state index contributed by atoms with van der Waals surface area (Å²) in [7, 11) is 0. The van der Waals surface area contributed by atoms with Gasteiger partial charge in [0.05, 0.1) is 36.3 Å². The van der Waals surface area contributed by atoms with Gasteiger partial charge in [0.25, 0.3) is 0 Å². The summed E-state index contributed by atoms with van der Waals surface area (Å²) < 4.78 is 22.5. The summed E-state index contributed by atoms with van der Waals surface area (Å²) in [5, 5.41) is 20.9. The lowest BCUT2D eigenvalue weighted by molar-refractivity contribution is -0.217. The minimum absolute atomic E-state index is 0.0511. The van der Waals surface area contributed by atoms with E-state index in [1.807, 2.05) is 60.7 Å². The molecule has 2 heterocycles. The van der Waals surface area contributed by atoms with E-state index in [2.05, 4.69) is 15.9 Å². The summed E-state index contributed by atoms with van der Waals surface area (Å²) >= 11 is 3.24. The van der Waals surface area contributed by atoms with E-state index in [1.54, 1.807) is 0 Å². The van der Waals surface area contributed by atoms with Crippen LogP contribution in [-0.2, 0) is 41.6 Å². The van der Waals surface area contributed by atoms with Crippen molar-refractivity contribution in [2.45, 2.75) is 56.8 Å². The fourth-order valence-electron chi connectivity index (χ4n) is 4.86. The second kappa shape index (κ2) is 15.0. The van der Waals surface area contributed by atoms with Crippen LogP contribution in [0.4, 0.5) is 4.79 Å². The van der Waals surface area contributed by atoms with Crippen LogP contribution in [0.15, 0.2) is 71.2 Å². The third kappa shape index (κ3) is 8.12. The van der Waals surface area contributed by atoms with Crippen LogP contribution in [0.5, 0.6) is 0 Å². The van der Waals surface area contributed by atoms with Crippen LogP contribution in [0.2, 0.25) is 0 Å². The highest BCUT2D eigenvalue weighted by atomic mass is 79.9. The van der Waals surface area contributed by atoms with Crippen LogP contribution < -0.4 is 0 Å². The molecule has 42 heavy (non-hydrogen) atoms. The van der Waals surface area contributed by atoms with E-state index in [1.165, 1.54) is 13.0 Å². The lowest BCUT2D eigenvalue weighted by atomic mass is 9.93. The molecule has 2 aromatic carbocycles. The average Bonchev–Trinajstić information content (AvgIpc) is 3.36. The Morgan fingerprint density at radius 3 is 2.45 bits per heavy atom. The number of carbonyl (C=O) groups excluding carboxylic acids is 3. The molecule has 0 unspecified atom stereocenters. The normalized spacial score (nSPS) is 23.8. The van der Waals surface area contributed by atoms with E-state index in [0.29, 0.717) is 19.4 Å². The Morgan fingerprint density at radius 1 is 1.12 bits per heavy atom. The molecule has 2 amide bonds. The molecule has 0 saturated carbocycles. The third-order valence-electron chi connectivity index (χ3n) is 7.24. The molecule has 0 radical (unpaired) electrons. The van der Waals surface area contributed by atoms with Crippen molar-refractivity contribution < 1.29 is 43.5 Å². The van der Waals surface area contributed by atoms with Crippen LogP contribution in [0.3, 0.4) is 0 Å². The van der Waals surface area contributed by atoms with Crippen molar-refractivity contribution in [3.8, 4) is 0 Å². The lowest BCUT2D eigenvalue weighted by Gasteiger charge is -2.37. The van der Waals surface area contributed by atoms with Crippen molar-refractivity contribution in [1.29, 1.82) is 0 Å². The smallest absolute Gasteiger partial charge is 0.416 e. The Kier molecular flexibility index (Phi) is 11.4. The summed E-state index contributed by atoms with van der Waals surface area (Å²) in [6.45, 7) is 2.07. The van der Waals surface area contributed by atoms with Crippen molar-refractivity contribution >= 4 is 33.7 Å². The second-order valence-corrected chi connectivity index (χ2v) is 11.3. The molecule has 5 atom stereocenters. The number of aliphatic hydroxyl groups is 2. The molecule has 2 aliphatic heterocycles. The van der Waals surface area contributed by atoms with Gasteiger partial charge >= 0.3 is 6.09 Å². The largest absolute Gasteiger partial charge is 0.447 e. The number of amides is 2. The molecule has 2 aromatic rings. The van der Waals surface area contributed by atoms with Gasteiger partial charge in [-0.3, -0.25) is 9.59 Å². The Hall–Kier alpha value is -2.93. The number of ether oxygens (including phenoxy) is 4. The number of nitrogens with zero attached hydrogens (tertiary/aromatic N) is 1. The molecule has 1 fully saturated rings. The van der Waals surface area contributed by atoms with E-state index in [-0.39, 0.29) is 37.3 Å². The van der Waals surface area contributed by atoms with Crippen molar-refractivity contribution in [3.05, 3.63) is 82.3 Å². The molecule has 2 N–H and O–H groups in total. The first-order valence-corrected chi connectivity index (χ1v) is 14.7. The standard InChI is InChI=1S/C31H36BrNO9/c1-21(29(36)33-24(19-41-30(33)37)15-22-9-4-2-5-10-22)28-26(35)16-27(32)31(38,42-28)13-8-14-39-20-25(17-34)40-18-23-11-6-3-7-12-23/h2-7,9-12,16,21,24-25,28,34,38H,8,13-15,17-20H2,1H3/t21-,24-,25-,28-,31+/m1/s1. The van der Waals surface area contributed by atoms with Crippen LogP contribution in [0.1, 0.15) is 30.9 Å². The summed E-state index contributed by atoms with van der Waals surface area (Å²) in [5.41, 5.74) is 1.92. The van der Waals surface area contributed by atoms with E-state index in [0.717, 1.165) is 16.0 Å². The van der Waals surface area contributed by atoms with E-state index < -0.39 is 47.7 Å². The quantitative estimate of drug-likeness (QED) is 0.296. The fraction of sp³-hybridized carbons (Fsp3) is 0.452. The zero-order chi connectivity index (χ0) is 30.1. The van der Waals surface area contributed by atoms with Crippen LogP contribution in [0.25, 0.3) is 0 Å². The maximum atomic E-state index is 13.5. The minimum Gasteiger partial charge on any atom is -0.447 e. The number of ketones is 1. The molecule has 2 aliphatic rings. The number of carbonyl (C=O) groups is 3. The van der Waals surface area contributed by atoms with Crippen LogP contribution in [0, 0.1) is 5.92 Å². The van der Waals surface area contributed by atoms with Crippen molar-refractivity contribution in [3.63, 3.8) is 0 Å². The summed E-state index contributed by atoms with van der Waals surface area (Å²) in [4.78, 5) is 39.9. The molecule has 0 bridgehead atoms. The molecule has 1 saturated heterocycles. The van der Waals surface area contributed by atoms with Gasteiger partial charge in [0, 0.05) is 13.0 Å². The van der Waals surface area contributed by atoms with E-state index in [9.17, 15) is 24.6 Å². The maximum absolute atomic E-state index is 13.5. The molecule has 0 spiro atoms. The first-order chi connectivity index (χ1) is 20.2. The first kappa shape index (κ1) is 32.0. The predicted molar refractivity (Wildman–Crippen MR) is 155 cm³/mol. The first-order valence-electron chi connectivity index (χ1n) is 13.9. The van der Waals surface area contributed by atoms with Gasteiger partial charge in [0.15, 0.2) is 11.6 Å². The maximum Gasteiger partial charge on any atom is 0.416 e. The summed E-state index contributed by atoms with van der Waals surface area (Å²) in [6, 6.07) is 18.5. The zero-order valence-corrected chi connectivity index (χ0v) is 25.0. The van der Waals surface area contributed by atoms with E-state index >= 15 is 0 Å². The van der Waals surface area contributed by atoms with Gasteiger partial charge < -0.3 is 29.2 Å². The summed E-state index contributed by atoms with van der Waals surface area (Å²) in [5.74, 6) is -4.05. The van der Waals surface area contributed by atoms with Gasteiger partial charge in [-0.05, 0) is 46.0 Å². The van der Waals surface area contributed by atoms with Crippen molar-refractivity contribution in [1.82, 2.24) is 4.90 Å². The van der Waals surface area contributed by atoms with Crippen molar-refractivity contribution in [2.24, 2.45) is 5.92 Å². The summed E-state index contributed by atoms with van der Waals surface area (Å²) in [6.07, 6.45) is -0.559. The van der Waals surface area contributed by atoms with Crippen molar-refractivity contribution in [2.75, 3.05) is 26.4 Å². The number of imide groups is 1. The van der Waals surface area contributed by atoms with Gasteiger partial charge in [-0.25, -0.2) is 9.69 Å². The van der Waals surface area contributed by atoms with Gasteiger partial charge in [-0.2, -0.15) is 0 Å². The number of hydrogen-bond acceptors (Lipinski definition) is 9. The number of aliphatic hydroxyl groups excluding tert-OH is 1. The highest BCUT2D eigenvalue weighted by Crippen LogP contribution is 2.37. The molecule has 226 valence electrons. The molecule has 0 aromatic heterocycles. The lowest BCUT2D eigenvalue weighted by Crippen LogP contribution is -2.52. The van der Waals surface area contributed by atoms with Gasteiger partial charge in [0.1, 0.15) is 18.8 Å². The Morgan fingerprint density at radius 2 is 1.79 bits per heavy atom. The highest BCUT2D eigenvalue weighted by molar-refractivity contribution is 9.11. The zero-order valence-electron chi connectivity index (χ0n) is 23.4. The number of benzene rings is 2. The van der Waals surface area contributed by atoms with Gasteiger partial charge in [0.2, 0.25) is 5.91 Å². The van der Waals surface area contributed by atoms with Gasteiger partial charge in [-0.1, -0.05) is 67.6 Å². The molecule has 0 aliphatic carbocycles. The number of halogens is 1. The van der Waals surface area contributed by atoms with Gasteiger partial charge in [-0.15, -0.1) is 0 Å². The highest BCUT2D eigenvalue weighted by Gasteiger charge is 2.48. The molecular formula is C31H36BrNO9. The molecule has 10 nitrogen and oxygen atoms in total. The Labute approximate surface area is 253 Å². The topological polar surface area (TPSA) is 132 Å². The molecular weight excluding hydrogens is 610 g/mol. The minimum atomic E-state index is -1.87. The fourth-order valence-corrected chi connectivity index (χ4v) is 5.37. The Balaban J connectivity index is 1.29. The van der Waals surface area contributed by atoms with Crippen LogP contribution in [-0.4, -0.2) is 83.4 Å². The monoisotopic (exact) mass is 645 g/mol. The van der Waals surface area contributed by atoms with E-state index in [4.69, 9.17) is 18.9 Å². The van der Waals surface area contributed by atoms with Crippen LogP contribution >= 0.6 is 15.9 Å².